The van der Waals surface area contributed by atoms with Crippen LogP contribution in [-0.2, 0) is 7.05 Å². The van der Waals surface area contributed by atoms with E-state index in [-0.39, 0.29) is 5.91 Å². The molecule has 0 unspecified atom stereocenters. The van der Waals surface area contributed by atoms with E-state index in [2.05, 4.69) is 20.5 Å². The maximum absolute atomic E-state index is 12.6. The molecule has 0 saturated carbocycles. The van der Waals surface area contributed by atoms with Crippen LogP contribution in [0.15, 0.2) is 24.0 Å². The first kappa shape index (κ1) is 13.5. The number of carbonyl (C=O) groups is 1. The van der Waals surface area contributed by atoms with E-state index in [0.29, 0.717) is 17.1 Å². The second-order valence-electron chi connectivity index (χ2n) is 4.58. The third kappa shape index (κ3) is 2.33. The molecule has 0 spiro atoms. The third-order valence-electron chi connectivity index (χ3n) is 3.11. The Kier molecular flexibility index (Phi) is 3.30. The smallest absolute Gasteiger partial charge is 0.262 e. The Hall–Kier alpha value is -2.48. The predicted molar refractivity (Wildman–Crippen MR) is 79.9 cm³/mol. The van der Waals surface area contributed by atoms with Gasteiger partial charge in [-0.3, -0.25) is 4.79 Å². The van der Waals surface area contributed by atoms with E-state index < -0.39 is 0 Å². The monoisotopic (exact) mass is 302 g/mol. The van der Waals surface area contributed by atoms with Gasteiger partial charge in [0.25, 0.3) is 5.91 Å². The Morgan fingerprint density at radius 1 is 1.33 bits per heavy atom. The molecule has 0 aliphatic carbocycles. The standard InChI is InChI=1S/C13H14N6OS/c1-8-10(11(20)16-12-9(2)14-7-21-12)13(18(3)17-8)19-6-4-5-15-19/h4-7H,1-3H3,(H,16,20). The highest BCUT2D eigenvalue weighted by Gasteiger charge is 2.22. The zero-order valence-corrected chi connectivity index (χ0v) is 12.7. The number of rotatable bonds is 3. The molecule has 8 heteroatoms. The number of aryl methyl sites for hydroxylation is 3. The van der Waals surface area contributed by atoms with E-state index in [1.54, 1.807) is 47.3 Å². The van der Waals surface area contributed by atoms with E-state index >= 15 is 0 Å². The molecule has 0 bridgehead atoms. The number of nitrogens with one attached hydrogen (secondary N) is 1. The van der Waals surface area contributed by atoms with Crippen LogP contribution in [0.1, 0.15) is 21.7 Å². The van der Waals surface area contributed by atoms with Crippen molar-refractivity contribution in [3.8, 4) is 5.82 Å². The first-order chi connectivity index (χ1) is 10.1. The largest absolute Gasteiger partial charge is 0.312 e. The Labute approximate surface area is 125 Å². The van der Waals surface area contributed by atoms with Crippen molar-refractivity contribution >= 4 is 22.2 Å². The van der Waals surface area contributed by atoms with E-state index in [1.807, 2.05) is 6.92 Å². The maximum atomic E-state index is 12.6. The molecule has 21 heavy (non-hydrogen) atoms. The van der Waals surface area contributed by atoms with Gasteiger partial charge in [-0.25, -0.2) is 14.3 Å². The predicted octanol–water partition coefficient (Wildman–Crippen LogP) is 1.93. The molecule has 3 rings (SSSR count). The second-order valence-corrected chi connectivity index (χ2v) is 5.43. The van der Waals surface area contributed by atoms with Gasteiger partial charge in [0.05, 0.1) is 16.9 Å². The van der Waals surface area contributed by atoms with Crippen molar-refractivity contribution in [3.63, 3.8) is 0 Å². The van der Waals surface area contributed by atoms with Crippen LogP contribution in [0, 0.1) is 13.8 Å². The quantitative estimate of drug-likeness (QED) is 0.802. The molecule has 0 aromatic carbocycles. The maximum Gasteiger partial charge on any atom is 0.262 e. The molecule has 7 nitrogen and oxygen atoms in total. The zero-order valence-electron chi connectivity index (χ0n) is 11.9. The average molecular weight is 302 g/mol. The minimum Gasteiger partial charge on any atom is -0.312 e. The lowest BCUT2D eigenvalue weighted by atomic mass is 10.2. The van der Waals surface area contributed by atoms with Crippen LogP contribution >= 0.6 is 11.3 Å². The minimum absolute atomic E-state index is 0.210. The van der Waals surface area contributed by atoms with Crippen molar-refractivity contribution in [2.75, 3.05) is 5.32 Å². The SMILES string of the molecule is Cc1ncsc1NC(=O)c1c(C)nn(C)c1-n1cccn1. The number of thiazole rings is 1. The molecule has 0 aliphatic rings. The summed E-state index contributed by atoms with van der Waals surface area (Å²) >= 11 is 1.40. The number of anilines is 1. The fraction of sp³-hybridized carbons (Fsp3) is 0.231. The molecular formula is C13H14N6OS. The van der Waals surface area contributed by atoms with E-state index in [0.717, 1.165) is 10.7 Å². The van der Waals surface area contributed by atoms with Crippen molar-refractivity contribution in [1.29, 1.82) is 0 Å². The van der Waals surface area contributed by atoms with Crippen molar-refractivity contribution in [3.05, 3.63) is 40.9 Å². The molecule has 0 radical (unpaired) electrons. The van der Waals surface area contributed by atoms with Gasteiger partial charge in [-0.2, -0.15) is 10.2 Å². The highest BCUT2D eigenvalue weighted by molar-refractivity contribution is 7.14. The summed E-state index contributed by atoms with van der Waals surface area (Å²) < 4.78 is 3.28. The van der Waals surface area contributed by atoms with Crippen LogP contribution in [0.4, 0.5) is 5.00 Å². The molecule has 0 fully saturated rings. The van der Waals surface area contributed by atoms with Gasteiger partial charge < -0.3 is 5.32 Å². The summed E-state index contributed by atoms with van der Waals surface area (Å²) in [6, 6.07) is 1.80. The first-order valence-electron chi connectivity index (χ1n) is 6.33. The highest BCUT2D eigenvalue weighted by atomic mass is 32.1. The number of hydrogen-bond acceptors (Lipinski definition) is 5. The molecule has 0 atom stereocenters. The van der Waals surface area contributed by atoms with Crippen molar-refractivity contribution < 1.29 is 4.79 Å². The fourth-order valence-corrected chi connectivity index (χ4v) is 2.85. The summed E-state index contributed by atoms with van der Waals surface area (Å²) in [5.41, 5.74) is 3.67. The molecule has 1 amide bonds. The number of aromatic nitrogens is 5. The van der Waals surface area contributed by atoms with Gasteiger partial charge in [0.1, 0.15) is 10.6 Å². The molecule has 1 N–H and O–H groups in total. The lowest BCUT2D eigenvalue weighted by molar-refractivity contribution is 0.102. The van der Waals surface area contributed by atoms with E-state index in [9.17, 15) is 4.79 Å². The highest BCUT2D eigenvalue weighted by Crippen LogP contribution is 2.23. The van der Waals surface area contributed by atoms with E-state index in [1.165, 1.54) is 11.3 Å². The van der Waals surface area contributed by atoms with Crippen LogP contribution in [0.2, 0.25) is 0 Å². The van der Waals surface area contributed by atoms with Gasteiger partial charge in [0.15, 0.2) is 5.82 Å². The molecule has 0 aliphatic heterocycles. The van der Waals surface area contributed by atoms with E-state index in [4.69, 9.17) is 0 Å². The Morgan fingerprint density at radius 3 is 2.76 bits per heavy atom. The molecule has 3 heterocycles. The van der Waals surface area contributed by atoms with Gasteiger partial charge in [0.2, 0.25) is 0 Å². The van der Waals surface area contributed by atoms with Gasteiger partial charge in [0, 0.05) is 19.4 Å². The molecule has 108 valence electrons. The average Bonchev–Trinajstić information content (AvgIpc) is 3.12. The van der Waals surface area contributed by atoms with Crippen LogP contribution in [0.5, 0.6) is 0 Å². The second kappa shape index (κ2) is 5.13. The lowest BCUT2D eigenvalue weighted by Crippen LogP contribution is -2.16. The van der Waals surface area contributed by atoms with Crippen molar-refractivity contribution in [2.24, 2.45) is 7.05 Å². The van der Waals surface area contributed by atoms with Crippen molar-refractivity contribution in [1.82, 2.24) is 24.5 Å². The summed E-state index contributed by atoms with van der Waals surface area (Å²) in [6.07, 6.45) is 3.45. The number of carbonyl (C=O) groups excluding carboxylic acids is 1. The molecule has 0 saturated heterocycles. The zero-order chi connectivity index (χ0) is 15.0. The van der Waals surface area contributed by atoms with Crippen LogP contribution < -0.4 is 5.32 Å². The normalized spacial score (nSPS) is 10.8. The minimum atomic E-state index is -0.210. The third-order valence-corrected chi connectivity index (χ3v) is 3.96. The van der Waals surface area contributed by atoms with Gasteiger partial charge in [-0.15, -0.1) is 11.3 Å². The van der Waals surface area contributed by atoms with Gasteiger partial charge in [-0.1, -0.05) is 0 Å². The Balaban J connectivity index is 2.02. The number of amides is 1. The number of nitrogens with zero attached hydrogens (tertiary/aromatic N) is 5. The summed E-state index contributed by atoms with van der Waals surface area (Å²) in [4.78, 5) is 16.7. The molecule has 3 aromatic heterocycles. The van der Waals surface area contributed by atoms with Crippen molar-refractivity contribution in [2.45, 2.75) is 13.8 Å². The van der Waals surface area contributed by atoms with Gasteiger partial charge in [-0.05, 0) is 19.9 Å². The topological polar surface area (TPSA) is 77.6 Å². The number of hydrogen-bond donors (Lipinski definition) is 1. The summed E-state index contributed by atoms with van der Waals surface area (Å²) in [6.45, 7) is 3.66. The summed E-state index contributed by atoms with van der Waals surface area (Å²) in [7, 11) is 1.79. The Bertz CT molecular complexity index is 786. The summed E-state index contributed by atoms with van der Waals surface area (Å²) in [5, 5.41) is 12.1. The molecular weight excluding hydrogens is 288 g/mol. The lowest BCUT2D eigenvalue weighted by Gasteiger charge is -2.07. The first-order valence-corrected chi connectivity index (χ1v) is 7.21. The Morgan fingerprint density at radius 2 is 2.14 bits per heavy atom. The summed E-state index contributed by atoms with van der Waals surface area (Å²) in [5.74, 6) is 0.426. The van der Waals surface area contributed by atoms with Crippen LogP contribution in [0.3, 0.4) is 0 Å². The fourth-order valence-electron chi connectivity index (χ4n) is 2.16. The molecule has 3 aromatic rings. The van der Waals surface area contributed by atoms with Crippen LogP contribution in [-0.4, -0.2) is 30.5 Å². The van der Waals surface area contributed by atoms with Gasteiger partial charge >= 0.3 is 0 Å². The van der Waals surface area contributed by atoms with Crippen LogP contribution in [0.25, 0.3) is 5.82 Å².